The number of nitrogens with one attached hydrogen (secondary N) is 2. The van der Waals surface area contributed by atoms with Crippen LogP contribution >= 0.6 is 0 Å². The Kier molecular flexibility index (Phi) is 6.84. The number of rotatable bonds is 7. The van der Waals surface area contributed by atoms with Gasteiger partial charge < -0.3 is 9.30 Å². The summed E-state index contributed by atoms with van der Waals surface area (Å²) in [7, 11) is 0. The maximum Gasteiger partial charge on any atom is 0.276 e. The zero-order valence-corrected chi connectivity index (χ0v) is 17.5. The Balaban J connectivity index is 1.66. The van der Waals surface area contributed by atoms with E-state index in [4.69, 9.17) is 4.74 Å². The molecule has 1 unspecified atom stereocenters. The van der Waals surface area contributed by atoms with E-state index in [1.807, 2.05) is 25.1 Å². The predicted octanol–water partition coefficient (Wildman–Crippen LogP) is 3.30. The fraction of sp³-hybridized carbons (Fsp3) is 0.318. The van der Waals surface area contributed by atoms with Gasteiger partial charge in [0.05, 0.1) is 17.4 Å². The maximum absolute atomic E-state index is 13.7. The van der Waals surface area contributed by atoms with Gasteiger partial charge >= 0.3 is 0 Å². The summed E-state index contributed by atoms with van der Waals surface area (Å²) < 4.78 is 34.2. The average Bonchev–Trinajstić information content (AvgIpc) is 3.13. The average molecular weight is 430 g/mol. The number of imidazole rings is 1. The van der Waals surface area contributed by atoms with E-state index in [2.05, 4.69) is 15.8 Å². The lowest BCUT2D eigenvalue weighted by atomic mass is 10.0. The number of hydrogen-bond donors (Lipinski definition) is 2. The Morgan fingerprint density at radius 3 is 2.55 bits per heavy atom. The number of carbonyl (C=O) groups excluding carboxylic acids is 2. The normalized spacial score (nSPS) is 12.1. The molecule has 0 saturated carbocycles. The van der Waals surface area contributed by atoms with Gasteiger partial charge in [-0.3, -0.25) is 20.4 Å². The summed E-state index contributed by atoms with van der Waals surface area (Å²) in [5.41, 5.74) is 6.17. The molecule has 31 heavy (non-hydrogen) atoms. The van der Waals surface area contributed by atoms with E-state index < -0.39 is 29.5 Å². The lowest BCUT2D eigenvalue weighted by molar-refractivity contribution is -0.132. The topological polar surface area (TPSA) is 85.3 Å². The lowest BCUT2D eigenvalue weighted by Gasteiger charge is -2.22. The van der Waals surface area contributed by atoms with Crippen LogP contribution in [0, 0.1) is 17.6 Å². The van der Waals surface area contributed by atoms with Crippen LogP contribution in [-0.2, 0) is 16.0 Å². The zero-order chi connectivity index (χ0) is 22.5. The molecule has 0 radical (unpaired) electrons. The first-order valence-corrected chi connectivity index (χ1v) is 9.92. The Morgan fingerprint density at radius 1 is 1.13 bits per heavy atom. The van der Waals surface area contributed by atoms with Crippen LogP contribution in [0.15, 0.2) is 42.7 Å². The number of nitrogens with zero attached hydrogens (tertiary/aromatic N) is 2. The molecule has 0 fully saturated rings. The van der Waals surface area contributed by atoms with Gasteiger partial charge in [-0.1, -0.05) is 39.0 Å². The second-order valence-corrected chi connectivity index (χ2v) is 7.38. The molecule has 0 aliphatic rings. The van der Waals surface area contributed by atoms with Crippen LogP contribution in [0.2, 0.25) is 0 Å². The van der Waals surface area contributed by atoms with E-state index in [9.17, 15) is 18.4 Å². The second-order valence-electron chi connectivity index (χ2n) is 7.38. The van der Waals surface area contributed by atoms with Gasteiger partial charge in [0.1, 0.15) is 11.8 Å². The molecule has 3 aromatic rings. The van der Waals surface area contributed by atoms with Crippen LogP contribution in [0.5, 0.6) is 5.75 Å². The van der Waals surface area contributed by atoms with E-state index in [1.165, 1.54) is 10.9 Å². The Hall–Kier alpha value is -3.49. The van der Waals surface area contributed by atoms with Crippen molar-refractivity contribution in [3.8, 4) is 5.75 Å². The maximum atomic E-state index is 13.7. The smallest absolute Gasteiger partial charge is 0.276 e. The van der Waals surface area contributed by atoms with E-state index in [1.54, 1.807) is 19.9 Å². The summed E-state index contributed by atoms with van der Waals surface area (Å²) in [6, 6.07) is 8.54. The molecule has 2 N–H and O–H groups in total. The van der Waals surface area contributed by atoms with Crippen molar-refractivity contribution >= 4 is 22.8 Å². The van der Waals surface area contributed by atoms with Crippen molar-refractivity contribution in [2.45, 2.75) is 33.2 Å². The van der Waals surface area contributed by atoms with Gasteiger partial charge in [0.25, 0.3) is 11.8 Å². The molecule has 164 valence electrons. The van der Waals surface area contributed by atoms with Crippen LogP contribution in [0.25, 0.3) is 11.0 Å². The van der Waals surface area contributed by atoms with Crippen molar-refractivity contribution in [1.29, 1.82) is 0 Å². The van der Waals surface area contributed by atoms with Crippen LogP contribution in [0.3, 0.4) is 0 Å². The van der Waals surface area contributed by atoms with Crippen LogP contribution in [0.1, 0.15) is 32.4 Å². The van der Waals surface area contributed by atoms with Crippen molar-refractivity contribution in [2.75, 3.05) is 6.61 Å². The number of ether oxygens (including phenoxy) is 1. The number of para-hydroxylation sites is 1. The van der Waals surface area contributed by atoms with Crippen molar-refractivity contribution in [2.24, 2.45) is 5.92 Å². The largest absolute Gasteiger partial charge is 0.483 e. The number of aryl methyl sites for hydroxylation is 1. The molecule has 1 aromatic heterocycles. The SMILES string of the molecule is CCc1ccccc1OCC(=O)NNC(=O)C(C(C)C)n1cnc2cc(F)c(F)cc21. The third kappa shape index (κ3) is 4.99. The number of fused-ring (bicyclic) bond motifs is 1. The van der Waals surface area contributed by atoms with Gasteiger partial charge in [-0.25, -0.2) is 13.8 Å². The molecule has 9 heteroatoms. The van der Waals surface area contributed by atoms with Crippen molar-refractivity contribution in [3.05, 3.63) is 59.9 Å². The van der Waals surface area contributed by atoms with Gasteiger partial charge in [-0.2, -0.15) is 0 Å². The number of benzene rings is 2. The van der Waals surface area contributed by atoms with E-state index in [0.717, 1.165) is 24.1 Å². The highest BCUT2D eigenvalue weighted by Gasteiger charge is 2.26. The summed E-state index contributed by atoms with van der Waals surface area (Å²) in [6.45, 7) is 5.29. The number of amides is 2. The van der Waals surface area contributed by atoms with E-state index >= 15 is 0 Å². The van der Waals surface area contributed by atoms with Crippen LogP contribution in [-0.4, -0.2) is 28.0 Å². The molecule has 1 atom stereocenters. The molecule has 0 aliphatic heterocycles. The highest BCUT2D eigenvalue weighted by atomic mass is 19.2. The summed E-state index contributed by atoms with van der Waals surface area (Å²) in [5, 5.41) is 0. The molecule has 0 spiro atoms. The zero-order valence-electron chi connectivity index (χ0n) is 17.5. The minimum atomic E-state index is -1.03. The molecule has 3 rings (SSSR count). The predicted molar refractivity (Wildman–Crippen MR) is 111 cm³/mol. The molecule has 2 amide bonds. The Labute approximate surface area is 178 Å². The van der Waals surface area contributed by atoms with Crippen molar-refractivity contribution < 1.29 is 23.1 Å². The van der Waals surface area contributed by atoms with Gasteiger partial charge in [0.2, 0.25) is 0 Å². The lowest BCUT2D eigenvalue weighted by Crippen LogP contribution is -2.47. The Morgan fingerprint density at radius 2 is 1.84 bits per heavy atom. The summed E-state index contributed by atoms with van der Waals surface area (Å²) in [6.07, 6.45) is 2.11. The fourth-order valence-electron chi connectivity index (χ4n) is 3.32. The standard InChI is InChI=1S/C22H24F2N4O3/c1-4-14-7-5-6-8-19(14)31-11-20(29)26-27-22(30)21(13(2)3)28-12-25-17-9-15(23)16(24)10-18(17)28/h5-10,12-13,21H,4,11H2,1-3H3,(H,26,29)(H,27,30). The molecular weight excluding hydrogens is 406 g/mol. The number of hydrogen-bond acceptors (Lipinski definition) is 4. The van der Waals surface area contributed by atoms with Crippen LogP contribution < -0.4 is 15.6 Å². The summed E-state index contributed by atoms with van der Waals surface area (Å²) >= 11 is 0. The van der Waals surface area contributed by atoms with Crippen molar-refractivity contribution in [3.63, 3.8) is 0 Å². The van der Waals surface area contributed by atoms with Gasteiger partial charge in [-0.15, -0.1) is 0 Å². The van der Waals surface area contributed by atoms with Crippen molar-refractivity contribution in [1.82, 2.24) is 20.4 Å². The number of carbonyl (C=O) groups is 2. The minimum absolute atomic E-state index is 0.226. The highest BCUT2D eigenvalue weighted by molar-refractivity contribution is 5.87. The Bertz CT molecular complexity index is 1100. The van der Waals surface area contributed by atoms with E-state index in [0.29, 0.717) is 5.75 Å². The number of hydrazine groups is 1. The first kappa shape index (κ1) is 22.2. The second kappa shape index (κ2) is 9.55. The quantitative estimate of drug-likeness (QED) is 0.564. The van der Waals surface area contributed by atoms with Gasteiger partial charge in [0, 0.05) is 12.1 Å². The third-order valence-electron chi connectivity index (χ3n) is 4.85. The molecule has 2 aromatic carbocycles. The molecular formula is C22H24F2N4O3. The molecule has 0 bridgehead atoms. The molecule has 1 heterocycles. The minimum Gasteiger partial charge on any atom is -0.483 e. The third-order valence-corrected chi connectivity index (χ3v) is 4.85. The first-order chi connectivity index (χ1) is 14.8. The molecule has 0 aliphatic carbocycles. The first-order valence-electron chi connectivity index (χ1n) is 9.92. The summed E-state index contributed by atoms with van der Waals surface area (Å²) in [4.78, 5) is 29.0. The summed E-state index contributed by atoms with van der Waals surface area (Å²) in [5.74, 6) is -2.73. The number of aromatic nitrogens is 2. The van der Waals surface area contributed by atoms with E-state index in [-0.39, 0.29) is 23.6 Å². The molecule has 7 nitrogen and oxygen atoms in total. The monoisotopic (exact) mass is 430 g/mol. The molecule has 0 saturated heterocycles. The van der Waals surface area contributed by atoms with Gasteiger partial charge in [0.15, 0.2) is 18.2 Å². The number of halogens is 2. The fourth-order valence-corrected chi connectivity index (χ4v) is 3.32. The van der Waals surface area contributed by atoms with Crippen LogP contribution in [0.4, 0.5) is 8.78 Å². The highest BCUT2D eigenvalue weighted by Crippen LogP contribution is 2.25. The van der Waals surface area contributed by atoms with Gasteiger partial charge in [-0.05, 0) is 24.0 Å².